The van der Waals surface area contributed by atoms with Crippen molar-refractivity contribution in [3.05, 3.63) is 50.9 Å². The Labute approximate surface area is 136 Å². The zero-order valence-corrected chi connectivity index (χ0v) is 13.7. The van der Waals surface area contributed by atoms with Gasteiger partial charge in [0.15, 0.2) is 11.5 Å². The summed E-state index contributed by atoms with van der Waals surface area (Å²) < 4.78 is 6.26. The molecule has 0 aliphatic rings. The number of ether oxygens (including phenoxy) is 1. The molecular weight excluding hydrogens is 314 g/mol. The van der Waals surface area contributed by atoms with Crippen LogP contribution in [0.5, 0.6) is 11.5 Å². The number of hydrogen-bond acceptors (Lipinski definition) is 6. The lowest BCUT2D eigenvalue weighted by Gasteiger charge is -2.03. The van der Waals surface area contributed by atoms with E-state index in [4.69, 9.17) is 4.74 Å². The maximum atomic E-state index is 12.5. The first-order valence-corrected chi connectivity index (χ1v) is 7.71. The predicted octanol–water partition coefficient (Wildman–Crippen LogP) is 2.67. The summed E-state index contributed by atoms with van der Waals surface area (Å²) in [7, 11) is 1.47. The van der Waals surface area contributed by atoms with Gasteiger partial charge < -0.3 is 9.84 Å². The number of benzene rings is 1. The van der Waals surface area contributed by atoms with E-state index in [2.05, 4.69) is 10.1 Å². The Morgan fingerprint density at radius 3 is 2.91 bits per heavy atom. The van der Waals surface area contributed by atoms with Gasteiger partial charge in [-0.3, -0.25) is 4.79 Å². The second kappa shape index (κ2) is 5.85. The van der Waals surface area contributed by atoms with Crippen LogP contribution < -0.4 is 10.3 Å². The lowest BCUT2D eigenvalue weighted by atomic mass is 10.2. The van der Waals surface area contributed by atoms with E-state index in [1.54, 1.807) is 12.1 Å². The van der Waals surface area contributed by atoms with Crippen LogP contribution in [0.25, 0.3) is 10.2 Å². The van der Waals surface area contributed by atoms with Crippen molar-refractivity contribution in [2.45, 2.75) is 13.8 Å². The predicted molar refractivity (Wildman–Crippen MR) is 91.0 cm³/mol. The average Bonchev–Trinajstić information content (AvgIpc) is 2.83. The van der Waals surface area contributed by atoms with Gasteiger partial charge >= 0.3 is 0 Å². The Hall–Kier alpha value is -2.67. The number of phenolic OH excluding ortho intramolecular Hbond substituents is 1. The van der Waals surface area contributed by atoms with Gasteiger partial charge in [-0.1, -0.05) is 0 Å². The van der Waals surface area contributed by atoms with Crippen molar-refractivity contribution in [2.75, 3.05) is 7.11 Å². The molecule has 118 valence electrons. The summed E-state index contributed by atoms with van der Waals surface area (Å²) in [6, 6.07) is 4.82. The van der Waals surface area contributed by atoms with Crippen LogP contribution in [0.3, 0.4) is 0 Å². The summed E-state index contributed by atoms with van der Waals surface area (Å²) in [6.45, 7) is 3.88. The number of methoxy groups -OCH3 is 1. The highest BCUT2D eigenvalue weighted by Gasteiger charge is 2.11. The zero-order valence-electron chi connectivity index (χ0n) is 12.9. The average molecular weight is 329 g/mol. The lowest BCUT2D eigenvalue weighted by molar-refractivity contribution is 0.373. The number of rotatable bonds is 3. The largest absolute Gasteiger partial charge is 0.504 e. The minimum absolute atomic E-state index is 0.0503. The molecule has 0 saturated carbocycles. The van der Waals surface area contributed by atoms with E-state index in [0.29, 0.717) is 16.7 Å². The van der Waals surface area contributed by atoms with Gasteiger partial charge in [0.2, 0.25) is 0 Å². The normalized spacial score (nSPS) is 11.4. The van der Waals surface area contributed by atoms with Gasteiger partial charge in [0, 0.05) is 4.88 Å². The maximum Gasteiger partial charge on any atom is 0.282 e. The molecule has 2 heterocycles. The fourth-order valence-corrected chi connectivity index (χ4v) is 3.20. The molecule has 0 atom stereocenters. The van der Waals surface area contributed by atoms with Crippen LogP contribution in [0.2, 0.25) is 0 Å². The smallest absolute Gasteiger partial charge is 0.282 e. The van der Waals surface area contributed by atoms with Crippen molar-refractivity contribution >= 4 is 27.8 Å². The molecule has 0 unspecified atom stereocenters. The Kier molecular flexibility index (Phi) is 3.87. The molecule has 3 aromatic rings. The Balaban J connectivity index is 2.03. The molecule has 0 radical (unpaired) electrons. The van der Waals surface area contributed by atoms with Crippen LogP contribution in [-0.4, -0.2) is 28.1 Å². The molecule has 1 aromatic carbocycles. The number of hydrogen-bond donors (Lipinski definition) is 1. The highest BCUT2D eigenvalue weighted by Crippen LogP contribution is 2.26. The van der Waals surface area contributed by atoms with Crippen LogP contribution in [0, 0.1) is 13.8 Å². The van der Waals surface area contributed by atoms with E-state index >= 15 is 0 Å². The molecule has 0 saturated heterocycles. The summed E-state index contributed by atoms with van der Waals surface area (Å²) in [4.78, 5) is 18.6. The quantitative estimate of drug-likeness (QED) is 0.750. The lowest BCUT2D eigenvalue weighted by Crippen LogP contribution is -2.16. The maximum absolute atomic E-state index is 12.5. The van der Waals surface area contributed by atoms with Crippen LogP contribution in [0.15, 0.2) is 34.4 Å². The molecule has 0 fully saturated rings. The minimum Gasteiger partial charge on any atom is -0.504 e. The first-order valence-electron chi connectivity index (χ1n) is 6.90. The Morgan fingerprint density at radius 2 is 2.17 bits per heavy atom. The van der Waals surface area contributed by atoms with E-state index in [-0.39, 0.29) is 11.3 Å². The number of aromatic hydroxyl groups is 1. The van der Waals surface area contributed by atoms with Gasteiger partial charge in [-0.2, -0.15) is 9.78 Å². The standard InChI is InChI=1S/C16H15N3O3S/c1-9-10(2)23-15-14(9)16(21)19(8-17-15)18-7-11-4-5-12(20)13(6-11)22-3/h4-8,20H,1-3H3. The highest BCUT2D eigenvalue weighted by atomic mass is 32.1. The van der Waals surface area contributed by atoms with Gasteiger partial charge in [-0.25, -0.2) is 4.98 Å². The molecule has 0 amide bonds. The van der Waals surface area contributed by atoms with E-state index in [0.717, 1.165) is 15.3 Å². The van der Waals surface area contributed by atoms with E-state index < -0.39 is 0 Å². The summed E-state index contributed by atoms with van der Waals surface area (Å²) in [5.41, 5.74) is 1.45. The van der Waals surface area contributed by atoms with Crippen molar-refractivity contribution < 1.29 is 9.84 Å². The SMILES string of the molecule is COc1cc(C=Nn2cnc3sc(C)c(C)c3c2=O)ccc1O. The number of phenols is 1. The van der Waals surface area contributed by atoms with E-state index in [1.165, 1.54) is 41.7 Å². The second-order valence-electron chi connectivity index (χ2n) is 5.03. The van der Waals surface area contributed by atoms with Crippen molar-refractivity contribution in [3.63, 3.8) is 0 Å². The van der Waals surface area contributed by atoms with Crippen molar-refractivity contribution in [1.82, 2.24) is 9.66 Å². The third-order valence-electron chi connectivity index (χ3n) is 3.61. The first-order chi connectivity index (χ1) is 11.0. The van der Waals surface area contributed by atoms with Crippen LogP contribution in [-0.2, 0) is 0 Å². The third-order valence-corrected chi connectivity index (χ3v) is 4.72. The summed E-state index contributed by atoms with van der Waals surface area (Å²) in [5, 5.41) is 14.4. The number of thiophene rings is 1. The second-order valence-corrected chi connectivity index (χ2v) is 6.24. The molecule has 0 bridgehead atoms. The van der Waals surface area contributed by atoms with Crippen molar-refractivity contribution in [1.29, 1.82) is 0 Å². The van der Waals surface area contributed by atoms with Crippen LogP contribution in [0.4, 0.5) is 0 Å². The van der Waals surface area contributed by atoms with Gasteiger partial charge in [0.1, 0.15) is 11.2 Å². The fourth-order valence-electron chi connectivity index (χ4n) is 2.21. The van der Waals surface area contributed by atoms with E-state index in [9.17, 15) is 9.90 Å². The van der Waals surface area contributed by atoms with Crippen LogP contribution >= 0.6 is 11.3 Å². The topological polar surface area (TPSA) is 76.7 Å². The van der Waals surface area contributed by atoms with Gasteiger partial charge in [0.25, 0.3) is 5.56 Å². The molecule has 7 heteroatoms. The molecular formula is C16H15N3O3S. The molecule has 23 heavy (non-hydrogen) atoms. The molecule has 2 aromatic heterocycles. The summed E-state index contributed by atoms with van der Waals surface area (Å²) >= 11 is 1.50. The highest BCUT2D eigenvalue weighted by molar-refractivity contribution is 7.18. The molecule has 3 rings (SSSR count). The van der Waals surface area contributed by atoms with Gasteiger partial charge in [0.05, 0.1) is 18.7 Å². The Bertz CT molecular complexity index is 973. The molecule has 0 aliphatic carbocycles. The van der Waals surface area contributed by atoms with Crippen LogP contribution in [0.1, 0.15) is 16.0 Å². The van der Waals surface area contributed by atoms with Gasteiger partial charge in [-0.05, 0) is 43.2 Å². The monoisotopic (exact) mass is 329 g/mol. The molecule has 6 nitrogen and oxygen atoms in total. The van der Waals surface area contributed by atoms with Gasteiger partial charge in [-0.15, -0.1) is 11.3 Å². The number of aromatic nitrogens is 2. The molecule has 0 aliphatic heterocycles. The number of fused-ring (bicyclic) bond motifs is 1. The summed E-state index contributed by atoms with van der Waals surface area (Å²) in [6.07, 6.45) is 2.93. The Morgan fingerprint density at radius 1 is 1.39 bits per heavy atom. The number of nitrogens with zero attached hydrogens (tertiary/aromatic N) is 3. The zero-order chi connectivity index (χ0) is 16.6. The number of aryl methyl sites for hydroxylation is 2. The summed E-state index contributed by atoms with van der Waals surface area (Å²) in [5.74, 6) is 0.397. The first kappa shape index (κ1) is 15.2. The van der Waals surface area contributed by atoms with Crippen molar-refractivity contribution in [3.8, 4) is 11.5 Å². The fraction of sp³-hybridized carbons (Fsp3) is 0.188. The molecule has 0 spiro atoms. The van der Waals surface area contributed by atoms with E-state index in [1.807, 2.05) is 13.8 Å². The third kappa shape index (κ3) is 2.70. The molecule has 1 N–H and O–H groups in total. The van der Waals surface area contributed by atoms with Crippen molar-refractivity contribution in [2.24, 2.45) is 5.10 Å². The minimum atomic E-state index is -0.196.